The number of nitrogens with one attached hydrogen (secondary N) is 1. The molecule has 0 saturated carbocycles. The SMILES string of the molecule is CC1CC(CN2CCC3CCC(C2)N3C)CCN1. The van der Waals surface area contributed by atoms with Gasteiger partial charge in [-0.2, -0.15) is 0 Å². The van der Waals surface area contributed by atoms with Gasteiger partial charge in [0.05, 0.1) is 0 Å². The van der Waals surface area contributed by atoms with Gasteiger partial charge < -0.3 is 10.2 Å². The van der Waals surface area contributed by atoms with Crippen molar-refractivity contribution in [2.24, 2.45) is 5.92 Å². The van der Waals surface area contributed by atoms with Gasteiger partial charge >= 0.3 is 0 Å². The standard InChI is InChI=1S/C15H29N3/c1-12-9-13(5-7-16-12)10-18-8-6-14-3-4-15(11-18)17(14)2/h12-16H,3-11H2,1-2H3. The first-order valence-corrected chi connectivity index (χ1v) is 7.90. The Morgan fingerprint density at radius 3 is 2.78 bits per heavy atom. The Hall–Kier alpha value is -0.120. The number of likely N-dealkylation sites (tertiary alicyclic amines) is 1. The number of nitrogens with zero attached hydrogens (tertiary/aromatic N) is 2. The highest BCUT2D eigenvalue weighted by molar-refractivity contribution is 4.91. The van der Waals surface area contributed by atoms with E-state index in [2.05, 4.69) is 29.1 Å². The van der Waals surface area contributed by atoms with Gasteiger partial charge in [0.25, 0.3) is 0 Å². The molecule has 3 rings (SSSR count). The van der Waals surface area contributed by atoms with E-state index < -0.39 is 0 Å². The number of fused-ring (bicyclic) bond motifs is 2. The molecule has 3 heteroatoms. The minimum Gasteiger partial charge on any atom is -0.314 e. The Morgan fingerprint density at radius 2 is 1.94 bits per heavy atom. The number of hydrogen-bond donors (Lipinski definition) is 1. The van der Waals surface area contributed by atoms with E-state index >= 15 is 0 Å². The minimum absolute atomic E-state index is 0.731. The van der Waals surface area contributed by atoms with Crippen molar-refractivity contribution in [3.8, 4) is 0 Å². The van der Waals surface area contributed by atoms with Crippen molar-refractivity contribution in [2.75, 3.05) is 33.2 Å². The smallest absolute Gasteiger partial charge is 0.0223 e. The molecule has 104 valence electrons. The summed E-state index contributed by atoms with van der Waals surface area (Å²) >= 11 is 0. The minimum atomic E-state index is 0.731. The fourth-order valence-electron chi connectivity index (χ4n) is 4.31. The van der Waals surface area contributed by atoms with Gasteiger partial charge in [-0.1, -0.05) is 0 Å². The largest absolute Gasteiger partial charge is 0.314 e. The van der Waals surface area contributed by atoms with Gasteiger partial charge in [-0.3, -0.25) is 4.90 Å². The molecule has 0 spiro atoms. The van der Waals surface area contributed by atoms with Crippen LogP contribution in [0.3, 0.4) is 0 Å². The van der Waals surface area contributed by atoms with Gasteiger partial charge in [0.1, 0.15) is 0 Å². The van der Waals surface area contributed by atoms with Gasteiger partial charge in [-0.15, -0.1) is 0 Å². The van der Waals surface area contributed by atoms with E-state index in [9.17, 15) is 0 Å². The molecular weight excluding hydrogens is 222 g/mol. The zero-order chi connectivity index (χ0) is 12.5. The zero-order valence-corrected chi connectivity index (χ0v) is 12.1. The lowest BCUT2D eigenvalue weighted by molar-refractivity contribution is 0.173. The lowest BCUT2D eigenvalue weighted by atomic mass is 9.92. The van der Waals surface area contributed by atoms with Crippen LogP contribution in [0, 0.1) is 5.92 Å². The monoisotopic (exact) mass is 251 g/mol. The molecule has 0 aliphatic carbocycles. The second-order valence-electron chi connectivity index (χ2n) is 6.84. The number of hydrogen-bond acceptors (Lipinski definition) is 3. The molecular formula is C15H29N3. The molecule has 1 N–H and O–H groups in total. The maximum absolute atomic E-state index is 3.57. The van der Waals surface area contributed by atoms with Gasteiger partial charge in [-0.05, 0) is 65.1 Å². The number of piperidine rings is 1. The summed E-state index contributed by atoms with van der Waals surface area (Å²) in [5.74, 6) is 0.934. The van der Waals surface area contributed by atoms with E-state index in [0.29, 0.717) is 0 Å². The number of rotatable bonds is 2. The van der Waals surface area contributed by atoms with E-state index in [0.717, 1.165) is 24.0 Å². The quantitative estimate of drug-likeness (QED) is 0.803. The van der Waals surface area contributed by atoms with Crippen molar-refractivity contribution in [1.29, 1.82) is 0 Å². The third kappa shape index (κ3) is 2.73. The average Bonchev–Trinajstić information content (AvgIpc) is 2.58. The summed E-state index contributed by atoms with van der Waals surface area (Å²) in [5, 5.41) is 3.57. The van der Waals surface area contributed by atoms with Crippen LogP contribution in [-0.4, -0.2) is 61.2 Å². The Kier molecular flexibility index (Phi) is 3.92. The van der Waals surface area contributed by atoms with Crippen molar-refractivity contribution in [3.63, 3.8) is 0 Å². The van der Waals surface area contributed by atoms with E-state index in [4.69, 9.17) is 0 Å². The highest BCUT2D eigenvalue weighted by Crippen LogP contribution is 2.29. The van der Waals surface area contributed by atoms with Gasteiger partial charge in [0.15, 0.2) is 0 Å². The molecule has 3 aliphatic heterocycles. The fraction of sp³-hybridized carbons (Fsp3) is 1.00. The van der Waals surface area contributed by atoms with Crippen molar-refractivity contribution in [1.82, 2.24) is 15.1 Å². The van der Waals surface area contributed by atoms with Crippen LogP contribution in [0.5, 0.6) is 0 Å². The van der Waals surface area contributed by atoms with Crippen LogP contribution in [0.4, 0.5) is 0 Å². The fourth-order valence-corrected chi connectivity index (χ4v) is 4.31. The van der Waals surface area contributed by atoms with Crippen molar-refractivity contribution < 1.29 is 0 Å². The molecule has 3 saturated heterocycles. The Bertz CT molecular complexity index is 281. The first-order chi connectivity index (χ1) is 8.72. The summed E-state index contributed by atoms with van der Waals surface area (Å²) < 4.78 is 0. The molecule has 4 unspecified atom stereocenters. The van der Waals surface area contributed by atoms with E-state index in [-0.39, 0.29) is 0 Å². The molecule has 0 aromatic heterocycles. The molecule has 18 heavy (non-hydrogen) atoms. The summed E-state index contributed by atoms with van der Waals surface area (Å²) in [5.41, 5.74) is 0. The van der Waals surface area contributed by atoms with Crippen molar-refractivity contribution in [3.05, 3.63) is 0 Å². The topological polar surface area (TPSA) is 18.5 Å². The maximum atomic E-state index is 3.57. The molecule has 4 atom stereocenters. The van der Waals surface area contributed by atoms with Gasteiger partial charge in [0, 0.05) is 31.2 Å². The molecule has 3 fully saturated rings. The molecule has 0 aromatic rings. The summed E-state index contributed by atoms with van der Waals surface area (Å²) in [6, 6.07) is 2.46. The van der Waals surface area contributed by atoms with Crippen LogP contribution in [0.25, 0.3) is 0 Å². The summed E-state index contributed by atoms with van der Waals surface area (Å²) in [6.07, 6.45) is 7.03. The van der Waals surface area contributed by atoms with Crippen molar-refractivity contribution >= 4 is 0 Å². The van der Waals surface area contributed by atoms with Crippen LogP contribution >= 0.6 is 0 Å². The second-order valence-corrected chi connectivity index (χ2v) is 6.84. The normalized spacial score (nSPS) is 43.0. The Balaban J connectivity index is 1.54. The van der Waals surface area contributed by atoms with Crippen LogP contribution < -0.4 is 5.32 Å². The first-order valence-electron chi connectivity index (χ1n) is 7.90. The van der Waals surface area contributed by atoms with Gasteiger partial charge in [-0.25, -0.2) is 0 Å². The third-order valence-electron chi connectivity index (χ3n) is 5.48. The van der Waals surface area contributed by atoms with E-state index in [1.54, 1.807) is 0 Å². The maximum Gasteiger partial charge on any atom is 0.0223 e. The lowest BCUT2D eigenvalue weighted by Gasteiger charge is -2.33. The molecule has 0 radical (unpaired) electrons. The van der Waals surface area contributed by atoms with Gasteiger partial charge in [0.2, 0.25) is 0 Å². The van der Waals surface area contributed by atoms with Crippen LogP contribution in [0.15, 0.2) is 0 Å². The summed E-state index contributed by atoms with van der Waals surface area (Å²) in [6.45, 7) is 7.58. The van der Waals surface area contributed by atoms with E-state index in [1.807, 2.05) is 0 Å². The molecule has 3 heterocycles. The zero-order valence-electron chi connectivity index (χ0n) is 12.1. The summed E-state index contributed by atoms with van der Waals surface area (Å²) in [7, 11) is 2.35. The van der Waals surface area contributed by atoms with Crippen LogP contribution in [0.2, 0.25) is 0 Å². The lowest BCUT2D eigenvalue weighted by Crippen LogP contribution is -2.43. The molecule has 2 bridgehead atoms. The highest BCUT2D eigenvalue weighted by atomic mass is 15.3. The summed E-state index contributed by atoms with van der Waals surface area (Å²) in [4.78, 5) is 5.42. The molecule has 3 aliphatic rings. The highest BCUT2D eigenvalue weighted by Gasteiger charge is 2.35. The average molecular weight is 251 g/mol. The first kappa shape index (κ1) is 12.9. The van der Waals surface area contributed by atoms with Crippen LogP contribution in [0.1, 0.15) is 39.0 Å². The predicted octanol–water partition coefficient (Wildman–Crippen LogP) is 1.54. The second kappa shape index (κ2) is 5.48. The van der Waals surface area contributed by atoms with E-state index in [1.165, 1.54) is 58.3 Å². The van der Waals surface area contributed by atoms with Crippen LogP contribution in [-0.2, 0) is 0 Å². The Labute approximate surface area is 112 Å². The molecule has 3 nitrogen and oxygen atoms in total. The predicted molar refractivity (Wildman–Crippen MR) is 75.8 cm³/mol. The Morgan fingerprint density at radius 1 is 1.11 bits per heavy atom. The number of likely N-dealkylation sites (N-methyl/N-ethyl adjacent to an activating group) is 1. The van der Waals surface area contributed by atoms with Crippen molar-refractivity contribution in [2.45, 2.75) is 57.2 Å². The molecule has 0 aromatic carbocycles. The third-order valence-corrected chi connectivity index (χ3v) is 5.48. The molecule has 0 amide bonds.